The summed E-state index contributed by atoms with van der Waals surface area (Å²) in [5, 5.41) is 9.10. The van der Waals surface area contributed by atoms with Gasteiger partial charge in [0, 0.05) is 31.9 Å². The standard InChI is InChI=1S/C16H23N3O4S/c1-2-3-13-10-12(16(20)21)11-15(17-13)18-6-8-19(9-7-18)24(22,23)14-4-5-14/h10-11,14H,2-9H2,1H3,(H,20,21). The second-order valence-corrected chi connectivity index (χ2v) is 8.60. The van der Waals surface area contributed by atoms with E-state index in [0.717, 1.165) is 31.4 Å². The van der Waals surface area contributed by atoms with Crippen molar-refractivity contribution in [2.24, 2.45) is 0 Å². The van der Waals surface area contributed by atoms with Crippen LogP contribution < -0.4 is 4.90 Å². The number of aryl methyl sites for hydroxylation is 1. The summed E-state index contributed by atoms with van der Waals surface area (Å²) in [5.41, 5.74) is 0.997. The van der Waals surface area contributed by atoms with Crippen LogP contribution in [-0.2, 0) is 16.4 Å². The summed E-state index contributed by atoms with van der Waals surface area (Å²) in [6.07, 6.45) is 3.16. The van der Waals surface area contributed by atoms with Gasteiger partial charge in [-0.1, -0.05) is 13.3 Å². The fourth-order valence-electron chi connectivity index (χ4n) is 2.99. The Bertz CT molecular complexity index is 723. The first kappa shape index (κ1) is 17.2. The lowest BCUT2D eigenvalue weighted by molar-refractivity contribution is 0.0696. The summed E-state index contributed by atoms with van der Waals surface area (Å²) >= 11 is 0. The summed E-state index contributed by atoms with van der Waals surface area (Å²) in [7, 11) is -3.14. The van der Waals surface area contributed by atoms with E-state index in [4.69, 9.17) is 0 Å². The Labute approximate surface area is 142 Å². The third kappa shape index (κ3) is 3.54. The molecule has 2 heterocycles. The molecule has 1 aliphatic heterocycles. The van der Waals surface area contributed by atoms with Crippen molar-refractivity contribution in [1.82, 2.24) is 9.29 Å². The topological polar surface area (TPSA) is 90.8 Å². The monoisotopic (exact) mass is 353 g/mol. The molecule has 0 unspecified atom stereocenters. The molecule has 0 atom stereocenters. The maximum atomic E-state index is 12.3. The zero-order chi connectivity index (χ0) is 17.3. The number of aromatic nitrogens is 1. The van der Waals surface area contributed by atoms with Gasteiger partial charge in [-0.25, -0.2) is 18.2 Å². The van der Waals surface area contributed by atoms with Gasteiger partial charge in [0.15, 0.2) is 0 Å². The minimum absolute atomic E-state index is 0.186. The molecule has 1 saturated heterocycles. The van der Waals surface area contributed by atoms with Crippen LogP contribution in [0.1, 0.15) is 42.2 Å². The number of carboxylic acid groups (broad SMARTS) is 1. The highest BCUT2D eigenvalue weighted by Gasteiger charge is 2.41. The minimum Gasteiger partial charge on any atom is -0.478 e. The predicted molar refractivity (Wildman–Crippen MR) is 90.9 cm³/mol. The number of hydrogen-bond donors (Lipinski definition) is 1. The highest BCUT2D eigenvalue weighted by Crippen LogP contribution is 2.31. The van der Waals surface area contributed by atoms with E-state index >= 15 is 0 Å². The van der Waals surface area contributed by atoms with Gasteiger partial charge in [-0.05, 0) is 31.4 Å². The summed E-state index contributed by atoms with van der Waals surface area (Å²) in [4.78, 5) is 17.9. The lowest BCUT2D eigenvalue weighted by atomic mass is 10.1. The number of nitrogens with zero attached hydrogens (tertiary/aromatic N) is 3. The van der Waals surface area contributed by atoms with Crippen molar-refractivity contribution < 1.29 is 18.3 Å². The lowest BCUT2D eigenvalue weighted by Gasteiger charge is -2.35. The van der Waals surface area contributed by atoms with Gasteiger partial charge in [0.05, 0.1) is 10.8 Å². The van der Waals surface area contributed by atoms with Crippen LogP contribution in [0.3, 0.4) is 0 Å². The zero-order valence-corrected chi connectivity index (χ0v) is 14.6. The van der Waals surface area contributed by atoms with Crippen molar-refractivity contribution in [2.45, 2.75) is 37.9 Å². The van der Waals surface area contributed by atoms with E-state index < -0.39 is 16.0 Å². The van der Waals surface area contributed by atoms with E-state index in [1.165, 1.54) is 0 Å². The molecule has 1 aromatic rings. The van der Waals surface area contributed by atoms with Crippen LogP contribution in [0.15, 0.2) is 12.1 Å². The molecule has 132 valence electrons. The van der Waals surface area contributed by atoms with Gasteiger partial charge < -0.3 is 10.0 Å². The molecule has 0 aromatic carbocycles. The number of pyridine rings is 1. The molecule has 0 bridgehead atoms. The summed E-state index contributed by atoms with van der Waals surface area (Å²) in [6.45, 7) is 3.96. The van der Waals surface area contributed by atoms with Gasteiger partial charge in [-0.2, -0.15) is 4.31 Å². The number of carbonyl (C=O) groups is 1. The zero-order valence-electron chi connectivity index (χ0n) is 13.8. The number of aromatic carboxylic acids is 1. The molecule has 7 nitrogen and oxygen atoms in total. The normalized spacial score (nSPS) is 19.5. The first-order valence-electron chi connectivity index (χ1n) is 8.40. The SMILES string of the molecule is CCCc1cc(C(=O)O)cc(N2CCN(S(=O)(=O)C3CC3)CC2)n1. The third-order valence-corrected chi connectivity index (χ3v) is 6.88. The third-order valence-electron chi connectivity index (χ3n) is 4.49. The molecule has 0 radical (unpaired) electrons. The number of hydrogen-bond acceptors (Lipinski definition) is 5. The van der Waals surface area contributed by atoms with Crippen molar-refractivity contribution in [3.8, 4) is 0 Å². The van der Waals surface area contributed by atoms with Crippen molar-refractivity contribution >= 4 is 21.8 Å². The Kier molecular flexibility index (Phi) is 4.78. The molecule has 1 aliphatic carbocycles. The molecule has 2 fully saturated rings. The van der Waals surface area contributed by atoms with E-state index in [1.807, 2.05) is 11.8 Å². The molecular weight excluding hydrogens is 330 g/mol. The van der Waals surface area contributed by atoms with Crippen LogP contribution >= 0.6 is 0 Å². The summed E-state index contributed by atoms with van der Waals surface area (Å²) < 4.78 is 26.1. The largest absolute Gasteiger partial charge is 0.478 e. The Hall–Kier alpha value is -1.67. The minimum atomic E-state index is -3.14. The first-order chi connectivity index (χ1) is 11.4. The van der Waals surface area contributed by atoms with Crippen molar-refractivity contribution in [2.75, 3.05) is 31.1 Å². The van der Waals surface area contributed by atoms with Crippen LogP contribution in [0, 0.1) is 0 Å². The number of piperazine rings is 1. The molecule has 0 spiro atoms. The second kappa shape index (κ2) is 6.68. The van der Waals surface area contributed by atoms with Crippen molar-refractivity contribution in [3.63, 3.8) is 0 Å². The maximum absolute atomic E-state index is 12.3. The van der Waals surface area contributed by atoms with Crippen molar-refractivity contribution in [3.05, 3.63) is 23.4 Å². The molecule has 1 N–H and O–H groups in total. The van der Waals surface area contributed by atoms with E-state index in [2.05, 4.69) is 4.98 Å². The van der Waals surface area contributed by atoms with Gasteiger partial charge in [-0.3, -0.25) is 0 Å². The van der Waals surface area contributed by atoms with Gasteiger partial charge in [0.2, 0.25) is 10.0 Å². The summed E-state index contributed by atoms with van der Waals surface area (Å²) in [5.74, 6) is -0.340. The highest BCUT2D eigenvalue weighted by molar-refractivity contribution is 7.90. The van der Waals surface area contributed by atoms with Gasteiger partial charge in [0.25, 0.3) is 0 Å². The molecule has 8 heteroatoms. The fraction of sp³-hybridized carbons (Fsp3) is 0.625. The molecule has 2 aliphatic rings. The van der Waals surface area contributed by atoms with E-state index in [-0.39, 0.29) is 10.8 Å². The van der Waals surface area contributed by atoms with Crippen molar-refractivity contribution in [1.29, 1.82) is 0 Å². The van der Waals surface area contributed by atoms with Crippen LogP contribution in [-0.4, -0.2) is 60.2 Å². The van der Waals surface area contributed by atoms with Crippen LogP contribution in [0.2, 0.25) is 0 Å². The second-order valence-electron chi connectivity index (χ2n) is 6.39. The number of sulfonamides is 1. The number of rotatable bonds is 6. The van der Waals surface area contributed by atoms with E-state index in [0.29, 0.717) is 32.0 Å². The maximum Gasteiger partial charge on any atom is 0.335 e. The fourth-order valence-corrected chi connectivity index (χ4v) is 4.82. The summed E-state index contributed by atoms with van der Waals surface area (Å²) in [6, 6.07) is 3.19. The number of carboxylic acids is 1. The van der Waals surface area contributed by atoms with Crippen LogP contribution in [0.25, 0.3) is 0 Å². The highest BCUT2D eigenvalue weighted by atomic mass is 32.2. The Morgan fingerprint density at radius 2 is 1.92 bits per heavy atom. The number of anilines is 1. The van der Waals surface area contributed by atoms with Gasteiger partial charge in [-0.15, -0.1) is 0 Å². The Morgan fingerprint density at radius 1 is 1.25 bits per heavy atom. The molecule has 3 rings (SSSR count). The Balaban J connectivity index is 1.74. The quantitative estimate of drug-likeness (QED) is 0.830. The van der Waals surface area contributed by atoms with Crippen LogP contribution in [0.5, 0.6) is 0 Å². The van der Waals surface area contributed by atoms with E-state index in [9.17, 15) is 18.3 Å². The van der Waals surface area contributed by atoms with Gasteiger partial charge in [0.1, 0.15) is 5.82 Å². The Morgan fingerprint density at radius 3 is 2.46 bits per heavy atom. The predicted octanol–water partition coefficient (Wildman–Crippen LogP) is 1.35. The molecule has 24 heavy (non-hydrogen) atoms. The van der Waals surface area contributed by atoms with Crippen LogP contribution in [0.4, 0.5) is 5.82 Å². The first-order valence-corrected chi connectivity index (χ1v) is 9.90. The average molecular weight is 353 g/mol. The average Bonchev–Trinajstić information content (AvgIpc) is 3.40. The van der Waals surface area contributed by atoms with E-state index in [1.54, 1.807) is 16.4 Å². The molecule has 1 aromatic heterocycles. The molecule has 1 saturated carbocycles. The molecule has 0 amide bonds. The lowest BCUT2D eigenvalue weighted by Crippen LogP contribution is -2.49. The molecular formula is C16H23N3O4S. The van der Waals surface area contributed by atoms with Gasteiger partial charge >= 0.3 is 5.97 Å². The smallest absolute Gasteiger partial charge is 0.335 e.